The minimum Gasteiger partial charge on any atom is -0.450 e. The van der Waals surface area contributed by atoms with E-state index in [1.807, 2.05) is 0 Å². The van der Waals surface area contributed by atoms with E-state index in [0.717, 1.165) is 18.9 Å². The van der Waals surface area contributed by atoms with Gasteiger partial charge in [0.1, 0.15) is 0 Å². The fraction of sp³-hybridized carbons (Fsp3) is 0.250. The van der Waals surface area contributed by atoms with Crippen molar-refractivity contribution in [2.75, 3.05) is 0 Å². The number of fused-ring (bicyclic) bond motifs is 1. The summed E-state index contributed by atoms with van der Waals surface area (Å²) in [6.07, 6.45) is 1.71. The molecule has 1 saturated carbocycles. The van der Waals surface area contributed by atoms with Crippen molar-refractivity contribution in [1.82, 2.24) is 0 Å². The third kappa shape index (κ3) is 1.33. The van der Waals surface area contributed by atoms with E-state index < -0.39 is 11.6 Å². The summed E-state index contributed by atoms with van der Waals surface area (Å²) < 4.78 is 31.3. The predicted molar refractivity (Wildman–Crippen MR) is 53.2 cm³/mol. The number of halogens is 2. The van der Waals surface area contributed by atoms with E-state index >= 15 is 0 Å². The van der Waals surface area contributed by atoms with Crippen LogP contribution < -0.4 is 0 Å². The zero-order chi connectivity index (χ0) is 11.3. The molecule has 0 N–H and O–H groups in total. The average Bonchev–Trinajstić information content (AvgIpc) is 3.02. The molecule has 0 saturated heterocycles. The minimum atomic E-state index is -1.03. The van der Waals surface area contributed by atoms with Crippen LogP contribution in [0.3, 0.4) is 0 Å². The van der Waals surface area contributed by atoms with Crippen molar-refractivity contribution in [2.24, 2.45) is 5.92 Å². The molecule has 2 nitrogen and oxygen atoms in total. The van der Waals surface area contributed by atoms with E-state index in [9.17, 15) is 13.6 Å². The molecule has 1 aromatic carbocycles. The Morgan fingerprint density at radius 1 is 1.31 bits per heavy atom. The van der Waals surface area contributed by atoms with Crippen molar-refractivity contribution in [3.05, 3.63) is 35.6 Å². The fourth-order valence-electron chi connectivity index (χ4n) is 1.71. The standard InChI is InChI=1S/C12H8F2O2/c13-8-4-3-7-5-9(11(15)6-1-2-6)16-12(7)10(8)14/h3-6H,1-2H2. The Kier molecular flexibility index (Phi) is 1.87. The molecule has 1 aromatic heterocycles. The maximum Gasteiger partial charge on any atom is 0.201 e. The SMILES string of the molecule is O=C(c1cc2ccc(F)c(F)c2o1)C1CC1. The predicted octanol–water partition coefficient (Wildman–Crippen LogP) is 3.30. The van der Waals surface area contributed by atoms with Gasteiger partial charge in [0.05, 0.1) is 0 Å². The topological polar surface area (TPSA) is 30.2 Å². The van der Waals surface area contributed by atoms with Gasteiger partial charge < -0.3 is 4.42 Å². The van der Waals surface area contributed by atoms with Crippen LogP contribution in [-0.2, 0) is 0 Å². The molecule has 1 aliphatic rings. The van der Waals surface area contributed by atoms with Crippen LogP contribution in [0.4, 0.5) is 8.78 Å². The van der Waals surface area contributed by atoms with E-state index in [1.54, 1.807) is 0 Å². The largest absolute Gasteiger partial charge is 0.450 e. The Morgan fingerprint density at radius 3 is 2.75 bits per heavy atom. The van der Waals surface area contributed by atoms with Crippen molar-refractivity contribution >= 4 is 16.8 Å². The Bertz CT molecular complexity index is 582. The second-order valence-corrected chi connectivity index (χ2v) is 4.03. The Hall–Kier alpha value is -1.71. The molecule has 16 heavy (non-hydrogen) atoms. The molecule has 0 atom stereocenters. The third-order valence-electron chi connectivity index (χ3n) is 2.77. The van der Waals surface area contributed by atoms with E-state index in [2.05, 4.69) is 0 Å². The molecular weight excluding hydrogens is 214 g/mol. The Morgan fingerprint density at radius 2 is 2.06 bits per heavy atom. The lowest BCUT2D eigenvalue weighted by molar-refractivity contribution is 0.0942. The summed E-state index contributed by atoms with van der Waals surface area (Å²) in [6, 6.07) is 3.90. The molecule has 0 unspecified atom stereocenters. The molecule has 0 aliphatic heterocycles. The first-order chi connectivity index (χ1) is 7.66. The van der Waals surface area contributed by atoms with Gasteiger partial charge in [-0.2, -0.15) is 4.39 Å². The summed E-state index contributed by atoms with van der Waals surface area (Å²) in [5.41, 5.74) is -0.177. The summed E-state index contributed by atoms with van der Waals surface area (Å²) >= 11 is 0. The zero-order valence-electron chi connectivity index (χ0n) is 8.30. The highest BCUT2D eigenvalue weighted by Gasteiger charge is 2.32. The molecule has 2 aromatic rings. The van der Waals surface area contributed by atoms with Gasteiger partial charge in [-0.15, -0.1) is 0 Å². The van der Waals surface area contributed by atoms with Crippen molar-refractivity contribution in [3.8, 4) is 0 Å². The van der Waals surface area contributed by atoms with Crippen LogP contribution in [0.5, 0.6) is 0 Å². The van der Waals surface area contributed by atoms with Crippen LogP contribution in [0.1, 0.15) is 23.4 Å². The molecule has 1 heterocycles. The quantitative estimate of drug-likeness (QED) is 0.730. The molecule has 82 valence electrons. The van der Waals surface area contributed by atoms with Crippen molar-refractivity contribution < 1.29 is 18.0 Å². The van der Waals surface area contributed by atoms with Gasteiger partial charge in [0, 0.05) is 11.3 Å². The third-order valence-corrected chi connectivity index (χ3v) is 2.77. The fourth-order valence-corrected chi connectivity index (χ4v) is 1.71. The van der Waals surface area contributed by atoms with Gasteiger partial charge in [0.25, 0.3) is 0 Å². The average molecular weight is 222 g/mol. The maximum absolute atomic E-state index is 13.3. The zero-order valence-corrected chi connectivity index (χ0v) is 8.30. The number of carbonyl (C=O) groups excluding carboxylic acids is 1. The molecule has 4 heteroatoms. The highest BCUT2D eigenvalue weighted by Crippen LogP contribution is 2.34. The number of rotatable bonds is 2. The first-order valence-electron chi connectivity index (χ1n) is 5.08. The van der Waals surface area contributed by atoms with E-state index in [1.165, 1.54) is 12.1 Å². The van der Waals surface area contributed by atoms with Gasteiger partial charge in [-0.05, 0) is 31.0 Å². The van der Waals surface area contributed by atoms with Crippen LogP contribution in [0.2, 0.25) is 0 Å². The number of carbonyl (C=O) groups is 1. The highest BCUT2D eigenvalue weighted by molar-refractivity contribution is 6.00. The summed E-state index contributed by atoms with van der Waals surface area (Å²) in [7, 11) is 0. The number of Topliss-reactive ketones (excluding diaryl/α,β-unsaturated/α-hetero) is 1. The van der Waals surface area contributed by atoms with Gasteiger partial charge in [-0.3, -0.25) is 4.79 Å². The lowest BCUT2D eigenvalue weighted by atomic mass is 10.2. The van der Waals surface area contributed by atoms with Crippen molar-refractivity contribution in [3.63, 3.8) is 0 Å². The molecule has 0 amide bonds. The van der Waals surface area contributed by atoms with Crippen LogP contribution in [0, 0.1) is 17.6 Å². The van der Waals surface area contributed by atoms with Gasteiger partial charge in [0.2, 0.25) is 11.6 Å². The number of furan rings is 1. The summed E-state index contributed by atoms with van der Waals surface area (Å²) in [5.74, 6) is -1.98. The Balaban J connectivity index is 2.15. The normalized spacial score (nSPS) is 15.6. The summed E-state index contributed by atoms with van der Waals surface area (Å²) in [6.45, 7) is 0. The van der Waals surface area contributed by atoms with Crippen LogP contribution >= 0.6 is 0 Å². The second kappa shape index (κ2) is 3.14. The van der Waals surface area contributed by atoms with Crippen LogP contribution in [0.15, 0.2) is 22.6 Å². The number of ketones is 1. The molecule has 1 fully saturated rings. The molecule has 3 rings (SSSR count). The van der Waals surface area contributed by atoms with Gasteiger partial charge in [0.15, 0.2) is 17.2 Å². The Labute approximate surface area is 89.9 Å². The van der Waals surface area contributed by atoms with E-state index in [0.29, 0.717) is 5.39 Å². The van der Waals surface area contributed by atoms with Gasteiger partial charge >= 0.3 is 0 Å². The first-order valence-corrected chi connectivity index (χ1v) is 5.08. The lowest BCUT2D eigenvalue weighted by Gasteiger charge is -1.92. The first kappa shape index (κ1) is 9.51. The summed E-state index contributed by atoms with van der Waals surface area (Å²) in [4.78, 5) is 11.7. The maximum atomic E-state index is 13.3. The molecule has 1 aliphatic carbocycles. The van der Waals surface area contributed by atoms with Crippen molar-refractivity contribution in [2.45, 2.75) is 12.8 Å². The van der Waals surface area contributed by atoms with E-state index in [-0.39, 0.29) is 23.0 Å². The summed E-state index contributed by atoms with van der Waals surface area (Å²) in [5, 5.41) is 0.419. The lowest BCUT2D eigenvalue weighted by Crippen LogP contribution is -1.98. The van der Waals surface area contributed by atoms with Crippen LogP contribution in [0.25, 0.3) is 11.0 Å². The van der Waals surface area contributed by atoms with Gasteiger partial charge in [-0.25, -0.2) is 4.39 Å². The molecule has 0 radical (unpaired) electrons. The highest BCUT2D eigenvalue weighted by atomic mass is 19.2. The second-order valence-electron chi connectivity index (χ2n) is 4.03. The smallest absolute Gasteiger partial charge is 0.201 e. The minimum absolute atomic E-state index is 0.00784. The van der Waals surface area contributed by atoms with E-state index in [4.69, 9.17) is 4.42 Å². The molecule has 0 spiro atoms. The number of hydrogen-bond donors (Lipinski definition) is 0. The molecular formula is C12H8F2O2. The molecule has 0 bridgehead atoms. The van der Waals surface area contributed by atoms with Crippen LogP contribution in [-0.4, -0.2) is 5.78 Å². The van der Waals surface area contributed by atoms with Gasteiger partial charge in [-0.1, -0.05) is 0 Å². The number of benzene rings is 1. The van der Waals surface area contributed by atoms with Crippen molar-refractivity contribution in [1.29, 1.82) is 0 Å². The number of hydrogen-bond acceptors (Lipinski definition) is 2. The monoisotopic (exact) mass is 222 g/mol.